The van der Waals surface area contributed by atoms with Crippen LogP contribution in [0.3, 0.4) is 0 Å². The van der Waals surface area contributed by atoms with Gasteiger partial charge in [-0.1, -0.05) is 36.4 Å². The summed E-state index contributed by atoms with van der Waals surface area (Å²) in [5.74, 6) is 0.858. The van der Waals surface area contributed by atoms with Crippen molar-refractivity contribution in [3.05, 3.63) is 59.7 Å². The normalized spacial score (nSPS) is 17.1. The molecule has 0 bridgehead atoms. The van der Waals surface area contributed by atoms with Crippen LogP contribution in [0.2, 0.25) is 0 Å². The quantitative estimate of drug-likeness (QED) is 0.709. The van der Waals surface area contributed by atoms with Crippen LogP contribution in [0.25, 0.3) is 0 Å². The highest BCUT2D eigenvalue weighted by Crippen LogP contribution is 2.30. The largest absolute Gasteiger partial charge is 0.493 e. The molecular weight excluding hydrogens is 356 g/mol. The van der Waals surface area contributed by atoms with Crippen molar-refractivity contribution in [3.63, 3.8) is 0 Å². The van der Waals surface area contributed by atoms with E-state index >= 15 is 0 Å². The minimum atomic E-state index is -0.153. The second-order valence-corrected chi connectivity index (χ2v) is 6.72. The zero-order chi connectivity index (χ0) is 19.8. The molecule has 150 valence electrons. The lowest BCUT2D eigenvalue weighted by molar-refractivity contribution is -0.0301. The van der Waals surface area contributed by atoms with Crippen molar-refractivity contribution in [2.45, 2.75) is 12.5 Å². The third-order valence-corrected chi connectivity index (χ3v) is 4.91. The molecule has 2 aromatic rings. The number of methoxy groups -OCH3 is 2. The Hall–Kier alpha value is -2.57. The number of rotatable bonds is 8. The van der Waals surface area contributed by atoms with E-state index in [2.05, 4.69) is 22.3 Å². The van der Waals surface area contributed by atoms with Gasteiger partial charge in [-0.15, -0.1) is 0 Å². The van der Waals surface area contributed by atoms with Crippen LogP contribution in [0.5, 0.6) is 11.5 Å². The van der Waals surface area contributed by atoms with Crippen molar-refractivity contribution in [3.8, 4) is 11.5 Å². The molecule has 0 radical (unpaired) electrons. The molecule has 6 nitrogen and oxygen atoms in total. The molecule has 1 fully saturated rings. The van der Waals surface area contributed by atoms with Crippen molar-refractivity contribution >= 4 is 5.91 Å². The van der Waals surface area contributed by atoms with E-state index in [1.165, 1.54) is 12.7 Å². The van der Waals surface area contributed by atoms with E-state index in [1.54, 1.807) is 25.3 Å². The highest BCUT2D eigenvalue weighted by Gasteiger charge is 2.21. The van der Waals surface area contributed by atoms with Gasteiger partial charge in [-0.3, -0.25) is 9.69 Å². The Balaban J connectivity index is 1.46. The van der Waals surface area contributed by atoms with Gasteiger partial charge in [-0.2, -0.15) is 0 Å². The number of morpholine rings is 1. The van der Waals surface area contributed by atoms with Crippen LogP contribution in [0.15, 0.2) is 48.5 Å². The molecule has 2 aromatic carbocycles. The summed E-state index contributed by atoms with van der Waals surface area (Å²) in [5.41, 5.74) is 1.70. The van der Waals surface area contributed by atoms with Crippen molar-refractivity contribution in [1.29, 1.82) is 0 Å². The number of carbonyl (C=O) groups excluding carboxylic acids is 1. The van der Waals surface area contributed by atoms with Gasteiger partial charge in [0, 0.05) is 26.2 Å². The maximum atomic E-state index is 12.5. The predicted molar refractivity (Wildman–Crippen MR) is 108 cm³/mol. The van der Waals surface area contributed by atoms with Gasteiger partial charge in [-0.05, 0) is 24.1 Å². The third kappa shape index (κ3) is 5.03. The summed E-state index contributed by atoms with van der Waals surface area (Å²) >= 11 is 0. The minimum Gasteiger partial charge on any atom is -0.493 e. The fourth-order valence-corrected chi connectivity index (χ4v) is 3.44. The van der Waals surface area contributed by atoms with Crippen molar-refractivity contribution in [2.75, 3.05) is 47.0 Å². The van der Waals surface area contributed by atoms with E-state index in [0.717, 1.165) is 32.7 Å². The van der Waals surface area contributed by atoms with E-state index in [9.17, 15) is 4.79 Å². The molecule has 1 N–H and O–H groups in total. The van der Waals surface area contributed by atoms with Crippen LogP contribution in [-0.2, 0) is 4.74 Å². The lowest BCUT2D eigenvalue weighted by Gasteiger charge is -2.33. The second-order valence-electron chi connectivity index (χ2n) is 6.72. The predicted octanol–water partition coefficient (Wildman–Crippen LogP) is 2.90. The van der Waals surface area contributed by atoms with Gasteiger partial charge in [-0.25, -0.2) is 0 Å². The summed E-state index contributed by atoms with van der Waals surface area (Å²) in [4.78, 5) is 14.9. The number of hydrogen-bond donors (Lipinski definition) is 1. The Kier molecular flexibility index (Phi) is 7.28. The lowest BCUT2D eigenvalue weighted by atomic mass is 10.1. The Bertz CT molecular complexity index is 766. The van der Waals surface area contributed by atoms with Crippen LogP contribution in [0.1, 0.15) is 28.4 Å². The van der Waals surface area contributed by atoms with Crippen molar-refractivity contribution in [1.82, 2.24) is 10.2 Å². The standard InChI is InChI=1S/C22H28N2O4/c1-26-19-11-6-10-18(21(19)27-2)22(25)23-12-7-13-24-14-15-28-20(16-24)17-8-4-3-5-9-17/h3-6,8-11,20H,7,12-16H2,1-2H3,(H,23,25). The fraction of sp³-hybridized carbons (Fsp3) is 0.409. The highest BCUT2D eigenvalue weighted by atomic mass is 16.5. The number of carbonyl (C=O) groups is 1. The molecular formula is C22H28N2O4. The molecule has 6 heteroatoms. The molecule has 1 atom stereocenters. The number of hydrogen-bond acceptors (Lipinski definition) is 5. The topological polar surface area (TPSA) is 60.0 Å². The highest BCUT2D eigenvalue weighted by molar-refractivity contribution is 5.97. The molecule has 1 aliphatic rings. The summed E-state index contributed by atoms with van der Waals surface area (Å²) < 4.78 is 16.5. The van der Waals surface area contributed by atoms with Crippen molar-refractivity contribution in [2.24, 2.45) is 0 Å². The van der Waals surface area contributed by atoms with Gasteiger partial charge in [0.15, 0.2) is 11.5 Å². The average molecular weight is 384 g/mol. The number of amides is 1. The zero-order valence-corrected chi connectivity index (χ0v) is 16.5. The summed E-state index contributed by atoms with van der Waals surface area (Å²) in [6.45, 7) is 4.05. The van der Waals surface area contributed by atoms with Gasteiger partial charge in [0.1, 0.15) is 0 Å². The fourth-order valence-electron chi connectivity index (χ4n) is 3.44. The zero-order valence-electron chi connectivity index (χ0n) is 16.5. The van der Waals surface area contributed by atoms with Gasteiger partial charge in [0.2, 0.25) is 0 Å². The molecule has 28 heavy (non-hydrogen) atoms. The summed E-state index contributed by atoms with van der Waals surface area (Å²) in [6.07, 6.45) is 0.991. The van der Waals surface area contributed by atoms with Gasteiger partial charge in [0.05, 0.1) is 32.5 Å². The summed E-state index contributed by atoms with van der Waals surface area (Å²) in [7, 11) is 3.10. The maximum Gasteiger partial charge on any atom is 0.255 e. The maximum absolute atomic E-state index is 12.5. The summed E-state index contributed by atoms with van der Waals surface area (Å²) in [6, 6.07) is 15.6. The first-order valence-electron chi connectivity index (χ1n) is 9.61. The van der Waals surface area contributed by atoms with E-state index < -0.39 is 0 Å². The number of nitrogens with one attached hydrogen (secondary N) is 1. The first kappa shape index (κ1) is 20.2. The molecule has 1 saturated heterocycles. The first-order chi connectivity index (χ1) is 13.7. The Morgan fingerprint density at radius 1 is 1.14 bits per heavy atom. The number of nitrogens with zero attached hydrogens (tertiary/aromatic N) is 1. The van der Waals surface area contributed by atoms with E-state index in [4.69, 9.17) is 14.2 Å². The van der Waals surface area contributed by atoms with Gasteiger partial charge >= 0.3 is 0 Å². The average Bonchev–Trinajstić information content (AvgIpc) is 2.76. The van der Waals surface area contributed by atoms with Crippen molar-refractivity contribution < 1.29 is 19.0 Å². The Labute approximate surface area is 166 Å². The van der Waals surface area contributed by atoms with Crippen LogP contribution in [-0.4, -0.2) is 57.8 Å². The van der Waals surface area contributed by atoms with Crippen LogP contribution >= 0.6 is 0 Å². The number of benzene rings is 2. The molecule has 0 aliphatic carbocycles. The van der Waals surface area contributed by atoms with Crippen LogP contribution < -0.4 is 14.8 Å². The van der Waals surface area contributed by atoms with E-state index in [1.807, 2.05) is 18.2 Å². The molecule has 0 spiro atoms. The monoisotopic (exact) mass is 384 g/mol. The van der Waals surface area contributed by atoms with Crippen LogP contribution in [0.4, 0.5) is 0 Å². The lowest BCUT2D eigenvalue weighted by Crippen LogP contribution is -2.39. The van der Waals surface area contributed by atoms with Crippen LogP contribution in [0, 0.1) is 0 Å². The molecule has 3 rings (SSSR count). The van der Waals surface area contributed by atoms with Gasteiger partial charge < -0.3 is 19.5 Å². The second kappa shape index (κ2) is 10.1. The third-order valence-electron chi connectivity index (χ3n) is 4.91. The SMILES string of the molecule is COc1cccc(C(=O)NCCCN2CCOC(c3ccccc3)C2)c1OC. The van der Waals surface area contributed by atoms with E-state index in [-0.39, 0.29) is 12.0 Å². The molecule has 0 aromatic heterocycles. The first-order valence-corrected chi connectivity index (χ1v) is 9.61. The number of para-hydroxylation sites is 1. The molecule has 1 amide bonds. The minimum absolute atomic E-state index is 0.116. The van der Waals surface area contributed by atoms with Gasteiger partial charge in [0.25, 0.3) is 5.91 Å². The molecule has 0 saturated carbocycles. The molecule has 1 aliphatic heterocycles. The molecule has 1 unspecified atom stereocenters. The summed E-state index contributed by atoms with van der Waals surface area (Å²) in [5, 5.41) is 2.98. The number of ether oxygens (including phenoxy) is 3. The Morgan fingerprint density at radius 3 is 2.71 bits per heavy atom. The Morgan fingerprint density at radius 2 is 1.96 bits per heavy atom. The van der Waals surface area contributed by atoms with E-state index in [0.29, 0.717) is 23.6 Å². The smallest absolute Gasteiger partial charge is 0.255 e. The molecule has 1 heterocycles.